The van der Waals surface area contributed by atoms with Gasteiger partial charge in [-0.15, -0.1) is 12.4 Å². The maximum absolute atomic E-state index is 11.4. The summed E-state index contributed by atoms with van der Waals surface area (Å²) in [7, 11) is 0. The topological polar surface area (TPSA) is 116 Å². The molecule has 0 saturated carbocycles. The molecular formula is C27H26ClN5O3. The Morgan fingerprint density at radius 3 is 1.33 bits per heavy atom. The lowest BCUT2D eigenvalue weighted by Gasteiger charge is -2.07. The average Bonchev–Trinajstić information content (AvgIpc) is 3.25. The Balaban J connectivity index is 0.00000361. The largest absolute Gasteiger partial charge is 0.337 e. The molecule has 4 rings (SSSR count). The number of aromatic amines is 1. The Morgan fingerprint density at radius 2 is 0.944 bits per heavy atom. The molecule has 9 heteroatoms. The van der Waals surface area contributed by atoms with Crippen LogP contribution in [0.1, 0.15) is 20.8 Å². The van der Waals surface area contributed by atoms with Gasteiger partial charge in [-0.2, -0.15) is 0 Å². The van der Waals surface area contributed by atoms with Gasteiger partial charge >= 0.3 is 0 Å². The third kappa shape index (κ3) is 6.37. The molecule has 36 heavy (non-hydrogen) atoms. The molecule has 0 aliphatic carbocycles. The Bertz CT molecular complexity index is 1300. The van der Waals surface area contributed by atoms with Crippen LogP contribution in [-0.4, -0.2) is 27.7 Å². The van der Waals surface area contributed by atoms with Crippen LogP contribution < -0.4 is 16.0 Å². The van der Waals surface area contributed by atoms with E-state index in [0.29, 0.717) is 22.9 Å². The van der Waals surface area contributed by atoms with Crippen molar-refractivity contribution in [2.75, 3.05) is 16.0 Å². The Labute approximate surface area is 215 Å². The number of nitrogens with one attached hydrogen (secondary N) is 4. The predicted octanol–water partition coefficient (Wildman–Crippen LogP) is 5.71. The van der Waals surface area contributed by atoms with E-state index in [4.69, 9.17) is 4.98 Å². The molecule has 0 radical (unpaired) electrons. The van der Waals surface area contributed by atoms with E-state index in [-0.39, 0.29) is 30.1 Å². The second kappa shape index (κ2) is 11.3. The molecule has 0 fully saturated rings. The van der Waals surface area contributed by atoms with Gasteiger partial charge in [0.2, 0.25) is 17.7 Å². The summed E-state index contributed by atoms with van der Waals surface area (Å²) < 4.78 is 0. The number of aromatic nitrogens is 2. The number of anilines is 3. The molecule has 0 atom stereocenters. The van der Waals surface area contributed by atoms with Gasteiger partial charge in [0, 0.05) is 54.5 Å². The Morgan fingerprint density at radius 1 is 0.583 bits per heavy atom. The van der Waals surface area contributed by atoms with E-state index in [1.807, 2.05) is 72.8 Å². The molecule has 0 spiro atoms. The average molecular weight is 504 g/mol. The van der Waals surface area contributed by atoms with E-state index >= 15 is 0 Å². The lowest BCUT2D eigenvalue weighted by atomic mass is 10.0. The summed E-state index contributed by atoms with van der Waals surface area (Å²) in [5, 5.41) is 8.30. The van der Waals surface area contributed by atoms with E-state index in [1.54, 1.807) is 0 Å². The lowest BCUT2D eigenvalue weighted by Crippen LogP contribution is -2.05. The van der Waals surface area contributed by atoms with E-state index in [1.165, 1.54) is 20.8 Å². The van der Waals surface area contributed by atoms with Crippen LogP contribution in [0.25, 0.3) is 33.9 Å². The summed E-state index contributed by atoms with van der Waals surface area (Å²) in [6.07, 6.45) is 0. The van der Waals surface area contributed by atoms with Crippen LogP contribution >= 0.6 is 12.4 Å². The van der Waals surface area contributed by atoms with Crippen LogP contribution in [0.3, 0.4) is 0 Å². The molecule has 4 aromatic rings. The van der Waals surface area contributed by atoms with Gasteiger partial charge in [0.25, 0.3) is 0 Å². The third-order valence-electron chi connectivity index (χ3n) is 5.16. The molecule has 0 aliphatic rings. The zero-order valence-electron chi connectivity index (χ0n) is 20.0. The van der Waals surface area contributed by atoms with E-state index in [2.05, 4.69) is 20.9 Å². The van der Waals surface area contributed by atoms with E-state index in [9.17, 15) is 14.4 Å². The van der Waals surface area contributed by atoms with Gasteiger partial charge in [0.15, 0.2) is 0 Å². The quantitative estimate of drug-likeness (QED) is 0.270. The van der Waals surface area contributed by atoms with Crippen LogP contribution in [0.2, 0.25) is 0 Å². The summed E-state index contributed by atoms with van der Waals surface area (Å²) in [5.41, 5.74) is 6.29. The minimum absolute atomic E-state index is 0. The van der Waals surface area contributed by atoms with Crippen LogP contribution in [0, 0.1) is 0 Å². The van der Waals surface area contributed by atoms with Crippen molar-refractivity contribution in [1.82, 2.24) is 9.97 Å². The van der Waals surface area contributed by atoms with Crippen molar-refractivity contribution in [3.63, 3.8) is 0 Å². The number of hydrogen-bond acceptors (Lipinski definition) is 4. The number of carbonyl (C=O) groups is 3. The second-order valence-corrected chi connectivity index (χ2v) is 8.08. The maximum atomic E-state index is 11.4. The molecule has 8 nitrogen and oxygen atoms in total. The minimum Gasteiger partial charge on any atom is -0.337 e. The van der Waals surface area contributed by atoms with Crippen LogP contribution in [0.4, 0.5) is 17.1 Å². The molecule has 1 aromatic heterocycles. The highest BCUT2D eigenvalue weighted by molar-refractivity contribution is 5.91. The highest BCUT2D eigenvalue weighted by Gasteiger charge is 2.16. The number of hydrogen-bond donors (Lipinski definition) is 4. The highest BCUT2D eigenvalue weighted by atomic mass is 35.5. The third-order valence-corrected chi connectivity index (χ3v) is 5.16. The summed E-state index contributed by atoms with van der Waals surface area (Å²) in [5.74, 6) is 0.263. The van der Waals surface area contributed by atoms with Crippen molar-refractivity contribution < 1.29 is 14.4 Å². The summed E-state index contributed by atoms with van der Waals surface area (Å²) in [6.45, 7) is 4.40. The second-order valence-electron chi connectivity index (χ2n) is 8.08. The Kier molecular flexibility index (Phi) is 8.24. The van der Waals surface area contributed by atoms with Gasteiger partial charge in [0.1, 0.15) is 5.82 Å². The number of halogens is 1. The van der Waals surface area contributed by atoms with Crippen LogP contribution in [0.15, 0.2) is 72.8 Å². The lowest BCUT2D eigenvalue weighted by molar-refractivity contribution is -0.115. The fourth-order valence-corrected chi connectivity index (χ4v) is 3.68. The van der Waals surface area contributed by atoms with Crippen LogP contribution in [-0.2, 0) is 14.4 Å². The molecule has 1 heterocycles. The SMILES string of the molecule is CC(=O)Nc1ccc(-c2nc(-c3ccc(NC(C)=O)cc3)c(-c3ccc(NC(C)=O)cc3)[nH]2)cc1.Cl. The first kappa shape index (κ1) is 26.2. The first-order valence-electron chi connectivity index (χ1n) is 11.0. The van der Waals surface area contributed by atoms with Gasteiger partial charge in [-0.25, -0.2) is 4.98 Å². The van der Waals surface area contributed by atoms with E-state index in [0.717, 1.165) is 28.1 Å². The normalized spacial score (nSPS) is 10.2. The van der Waals surface area contributed by atoms with Crippen molar-refractivity contribution in [3.8, 4) is 33.9 Å². The van der Waals surface area contributed by atoms with E-state index < -0.39 is 0 Å². The molecule has 3 amide bonds. The minimum atomic E-state index is -0.137. The number of amides is 3. The molecule has 0 unspecified atom stereocenters. The van der Waals surface area contributed by atoms with Gasteiger partial charge in [-0.1, -0.05) is 24.3 Å². The fourth-order valence-electron chi connectivity index (χ4n) is 3.68. The summed E-state index contributed by atoms with van der Waals surface area (Å²) in [4.78, 5) is 42.4. The number of H-pyrrole nitrogens is 1. The number of imidazole rings is 1. The zero-order chi connectivity index (χ0) is 24.9. The first-order chi connectivity index (χ1) is 16.8. The fraction of sp³-hybridized carbons (Fsp3) is 0.111. The van der Waals surface area contributed by atoms with Crippen molar-refractivity contribution in [2.45, 2.75) is 20.8 Å². The summed E-state index contributed by atoms with van der Waals surface area (Å²) >= 11 is 0. The van der Waals surface area contributed by atoms with Crippen molar-refractivity contribution in [1.29, 1.82) is 0 Å². The molecule has 4 N–H and O–H groups in total. The van der Waals surface area contributed by atoms with Crippen molar-refractivity contribution in [2.24, 2.45) is 0 Å². The predicted molar refractivity (Wildman–Crippen MR) is 145 cm³/mol. The molecule has 3 aromatic carbocycles. The smallest absolute Gasteiger partial charge is 0.221 e. The maximum Gasteiger partial charge on any atom is 0.221 e. The number of rotatable bonds is 6. The van der Waals surface area contributed by atoms with Crippen molar-refractivity contribution in [3.05, 3.63) is 72.8 Å². The standard InChI is InChI=1S/C27H25N5O3.ClH/c1-16(33)28-22-10-4-19(5-11-22)25-26(20-6-12-23(13-7-20)29-17(2)34)32-27(31-25)21-8-14-24(15-9-21)30-18(3)35;/h4-15H,1-3H3,(H,28,33)(H,29,34)(H,30,35)(H,31,32);1H. The van der Waals surface area contributed by atoms with Gasteiger partial charge < -0.3 is 20.9 Å². The summed E-state index contributed by atoms with van der Waals surface area (Å²) in [6, 6.07) is 22.4. The zero-order valence-corrected chi connectivity index (χ0v) is 20.8. The van der Waals surface area contributed by atoms with Crippen LogP contribution in [0.5, 0.6) is 0 Å². The van der Waals surface area contributed by atoms with Gasteiger partial charge in [-0.05, 0) is 48.5 Å². The number of nitrogens with zero attached hydrogens (tertiary/aromatic N) is 1. The molecule has 0 bridgehead atoms. The number of benzene rings is 3. The highest BCUT2D eigenvalue weighted by Crippen LogP contribution is 2.34. The van der Waals surface area contributed by atoms with Gasteiger partial charge in [-0.3, -0.25) is 14.4 Å². The molecule has 0 aliphatic heterocycles. The number of carbonyl (C=O) groups excluding carboxylic acids is 3. The molecule has 184 valence electrons. The first-order valence-corrected chi connectivity index (χ1v) is 11.0. The van der Waals surface area contributed by atoms with Crippen molar-refractivity contribution >= 4 is 47.2 Å². The van der Waals surface area contributed by atoms with Gasteiger partial charge in [0.05, 0.1) is 11.4 Å². The molecule has 0 saturated heterocycles. The molecular weight excluding hydrogens is 478 g/mol. The Hall–Kier alpha value is -4.43. The monoisotopic (exact) mass is 503 g/mol.